The molecular weight excluding hydrogens is 345 g/mol. The van der Waals surface area contributed by atoms with Crippen LogP contribution in [0.25, 0.3) is 0 Å². The largest absolute Gasteiger partial charge is 0.416 e. The van der Waals surface area contributed by atoms with E-state index < -0.39 is 11.7 Å². The molecule has 2 aromatic rings. The van der Waals surface area contributed by atoms with Crippen LogP contribution in [0, 0.1) is 0 Å². The number of anilines is 2. The smallest absolute Gasteiger partial charge is 0.378 e. The molecule has 3 rings (SSSR count). The molecule has 2 aromatic carbocycles. The van der Waals surface area contributed by atoms with Gasteiger partial charge in [0.15, 0.2) is 0 Å². The number of carbonyl (C=O) groups excluding carboxylic acids is 1. The van der Waals surface area contributed by atoms with Gasteiger partial charge in [-0.1, -0.05) is 24.3 Å². The highest BCUT2D eigenvalue weighted by Gasteiger charge is 2.30. The fourth-order valence-electron chi connectivity index (χ4n) is 2.85. The molecule has 0 aromatic heterocycles. The molecule has 1 N–H and O–H groups in total. The molecule has 0 saturated carbocycles. The van der Waals surface area contributed by atoms with Gasteiger partial charge in [-0.25, -0.2) is 0 Å². The van der Waals surface area contributed by atoms with Gasteiger partial charge >= 0.3 is 6.18 Å². The molecule has 1 aliphatic rings. The summed E-state index contributed by atoms with van der Waals surface area (Å²) >= 11 is 0. The Morgan fingerprint density at radius 2 is 1.69 bits per heavy atom. The Labute approximate surface area is 149 Å². The minimum atomic E-state index is -4.38. The summed E-state index contributed by atoms with van der Waals surface area (Å²) in [5, 5.41) is 2.86. The second-order valence-electron chi connectivity index (χ2n) is 6.04. The van der Waals surface area contributed by atoms with Crippen LogP contribution in [-0.2, 0) is 22.1 Å². The number of rotatable bonds is 4. The average molecular weight is 364 g/mol. The van der Waals surface area contributed by atoms with Gasteiger partial charge in [-0.05, 0) is 29.8 Å². The van der Waals surface area contributed by atoms with Crippen molar-refractivity contribution in [2.45, 2.75) is 12.6 Å². The van der Waals surface area contributed by atoms with Crippen molar-refractivity contribution in [1.82, 2.24) is 0 Å². The fourth-order valence-corrected chi connectivity index (χ4v) is 2.85. The zero-order chi connectivity index (χ0) is 18.6. The molecule has 7 heteroatoms. The molecule has 0 radical (unpaired) electrons. The number of ether oxygens (including phenoxy) is 1. The van der Waals surface area contributed by atoms with E-state index >= 15 is 0 Å². The van der Waals surface area contributed by atoms with Crippen LogP contribution in [-0.4, -0.2) is 32.2 Å². The number of nitrogens with one attached hydrogen (secondary N) is 1. The lowest BCUT2D eigenvalue weighted by Gasteiger charge is -2.30. The van der Waals surface area contributed by atoms with Crippen molar-refractivity contribution in [3.8, 4) is 0 Å². The SMILES string of the molecule is O=C(Cc1ccc(C(F)(F)F)cc1)Nc1ccccc1N1CCOCC1. The highest BCUT2D eigenvalue weighted by molar-refractivity contribution is 5.95. The lowest BCUT2D eigenvalue weighted by molar-refractivity contribution is -0.137. The molecule has 0 bridgehead atoms. The maximum absolute atomic E-state index is 12.6. The molecule has 1 aliphatic heterocycles. The number of alkyl halides is 3. The highest BCUT2D eigenvalue weighted by Crippen LogP contribution is 2.29. The van der Waals surface area contributed by atoms with Gasteiger partial charge < -0.3 is 15.0 Å². The van der Waals surface area contributed by atoms with Gasteiger partial charge in [-0.2, -0.15) is 13.2 Å². The van der Waals surface area contributed by atoms with Crippen LogP contribution in [0.2, 0.25) is 0 Å². The zero-order valence-electron chi connectivity index (χ0n) is 14.1. The van der Waals surface area contributed by atoms with Crippen LogP contribution in [0.15, 0.2) is 48.5 Å². The highest BCUT2D eigenvalue weighted by atomic mass is 19.4. The third kappa shape index (κ3) is 4.54. The first-order valence-electron chi connectivity index (χ1n) is 8.31. The average Bonchev–Trinajstić information content (AvgIpc) is 2.62. The minimum absolute atomic E-state index is 0.00951. The molecule has 1 amide bonds. The monoisotopic (exact) mass is 364 g/mol. The van der Waals surface area contributed by atoms with Gasteiger partial charge in [0.1, 0.15) is 0 Å². The summed E-state index contributed by atoms with van der Waals surface area (Å²) in [7, 11) is 0. The summed E-state index contributed by atoms with van der Waals surface area (Å²) in [6.07, 6.45) is -4.37. The summed E-state index contributed by atoms with van der Waals surface area (Å²) in [5.74, 6) is -0.273. The first kappa shape index (κ1) is 18.3. The van der Waals surface area contributed by atoms with Crippen molar-refractivity contribution in [3.05, 3.63) is 59.7 Å². The van der Waals surface area contributed by atoms with Crippen LogP contribution >= 0.6 is 0 Å². The minimum Gasteiger partial charge on any atom is -0.378 e. The third-order valence-electron chi connectivity index (χ3n) is 4.18. The Bertz CT molecular complexity index is 754. The van der Waals surface area contributed by atoms with Crippen molar-refractivity contribution in [2.75, 3.05) is 36.5 Å². The van der Waals surface area contributed by atoms with Gasteiger partial charge in [0.2, 0.25) is 5.91 Å². The predicted octanol–water partition coefficient (Wildman–Crippen LogP) is 3.72. The maximum atomic E-state index is 12.6. The molecule has 1 heterocycles. The van der Waals surface area contributed by atoms with Crippen molar-refractivity contribution >= 4 is 17.3 Å². The number of morpholine rings is 1. The van der Waals surface area contributed by atoms with Gasteiger partial charge in [0, 0.05) is 13.1 Å². The number of amides is 1. The number of nitrogens with zero attached hydrogens (tertiary/aromatic N) is 1. The number of carbonyl (C=O) groups is 1. The number of halogens is 3. The van der Waals surface area contributed by atoms with E-state index in [4.69, 9.17) is 4.74 Å². The summed E-state index contributed by atoms with van der Waals surface area (Å²) in [6, 6.07) is 12.1. The number of hydrogen-bond acceptors (Lipinski definition) is 3. The normalized spacial score (nSPS) is 15.0. The first-order valence-corrected chi connectivity index (χ1v) is 8.31. The molecule has 1 saturated heterocycles. The molecule has 0 spiro atoms. The molecule has 138 valence electrons. The van der Waals surface area contributed by atoms with E-state index in [0.29, 0.717) is 24.5 Å². The van der Waals surface area contributed by atoms with Crippen molar-refractivity contribution in [3.63, 3.8) is 0 Å². The van der Waals surface area contributed by atoms with Crippen molar-refractivity contribution in [2.24, 2.45) is 0 Å². The second kappa shape index (κ2) is 7.78. The lowest BCUT2D eigenvalue weighted by Crippen LogP contribution is -2.36. The maximum Gasteiger partial charge on any atom is 0.416 e. The lowest BCUT2D eigenvalue weighted by atomic mass is 10.1. The van der Waals surface area contributed by atoms with E-state index in [-0.39, 0.29) is 12.3 Å². The number of hydrogen-bond donors (Lipinski definition) is 1. The molecule has 0 unspecified atom stereocenters. The molecule has 4 nitrogen and oxygen atoms in total. The summed E-state index contributed by atoms with van der Waals surface area (Å²) in [5.41, 5.74) is 1.40. The van der Waals surface area contributed by atoms with Gasteiger partial charge in [-0.15, -0.1) is 0 Å². The Hall–Kier alpha value is -2.54. The van der Waals surface area contributed by atoms with Gasteiger partial charge in [0.05, 0.1) is 36.6 Å². The zero-order valence-corrected chi connectivity index (χ0v) is 14.1. The Morgan fingerprint density at radius 3 is 2.35 bits per heavy atom. The summed E-state index contributed by atoms with van der Waals surface area (Å²) in [6.45, 7) is 2.75. The van der Waals surface area contributed by atoms with Crippen LogP contribution in [0.5, 0.6) is 0 Å². The van der Waals surface area contributed by atoms with Gasteiger partial charge in [0.25, 0.3) is 0 Å². The van der Waals surface area contributed by atoms with E-state index in [1.807, 2.05) is 24.3 Å². The third-order valence-corrected chi connectivity index (χ3v) is 4.18. The predicted molar refractivity (Wildman–Crippen MR) is 93.3 cm³/mol. The second-order valence-corrected chi connectivity index (χ2v) is 6.04. The van der Waals surface area contributed by atoms with E-state index in [0.717, 1.165) is 30.9 Å². The topological polar surface area (TPSA) is 41.6 Å². The summed E-state index contributed by atoms with van der Waals surface area (Å²) in [4.78, 5) is 14.5. The Morgan fingerprint density at radius 1 is 1.04 bits per heavy atom. The molecular formula is C19H19F3N2O2. The van der Waals surface area contributed by atoms with Crippen LogP contribution in [0.3, 0.4) is 0 Å². The van der Waals surface area contributed by atoms with E-state index in [1.165, 1.54) is 12.1 Å². The molecule has 1 fully saturated rings. The van der Waals surface area contributed by atoms with Gasteiger partial charge in [-0.3, -0.25) is 4.79 Å². The quantitative estimate of drug-likeness (QED) is 0.899. The van der Waals surface area contributed by atoms with E-state index in [1.54, 1.807) is 0 Å². The molecule has 26 heavy (non-hydrogen) atoms. The van der Waals surface area contributed by atoms with Crippen LogP contribution in [0.1, 0.15) is 11.1 Å². The fraction of sp³-hybridized carbons (Fsp3) is 0.316. The Balaban J connectivity index is 1.67. The van der Waals surface area contributed by atoms with Crippen LogP contribution < -0.4 is 10.2 Å². The van der Waals surface area contributed by atoms with E-state index in [9.17, 15) is 18.0 Å². The summed E-state index contributed by atoms with van der Waals surface area (Å²) < 4.78 is 43.1. The van der Waals surface area contributed by atoms with Crippen molar-refractivity contribution in [1.29, 1.82) is 0 Å². The number of benzene rings is 2. The molecule has 0 atom stereocenters. The van der Waals surface area contributed by atoms with E-state index in [2.05, 4.69) is 10.2 Å². The Kier molecular flexibility index (Phi) is 5.46. The molecule has 0 aliphatic carbocycles. The van der Waals surface area contributed by atoms with Crippen molar-refractivity contribution < 1.29 is 22.7 Å². The number of para-hydroxylation sites is 2. The first-order chi connectivity index (χ1) is 12.4. The standard InChI is InChI=1S/C19H19F3N2O2/c20-19(21,22)15-7-5-14(6-8-15)13-18(25)23-16-3-1-2-4-17(16)24-9-11-26-12-10-24/h1-8H,9-13H2,(H,23,25). The van der Waals surface area contributed by atoms with Crippen LogP contribution in [0.4, 0.5) is 24.5 Å².